The summed E-state index contributed by atoms with van der Waals surface area (Å²) >= 11 is 0. The predicted octanol–water partition coefficient (Wildman–Crippen LogP) is 0.101. The molecule has 1 amide bonds. The van der Waals surface area contributed by atoms with Crippen LogP contribution in [0.1, 0.15) is 37.4 Å². The van der Waals surface area contributed by atoms with Gasteiger partial charge in [-0.05, 0) is 25.7 Å². The summed E-state index contributed by atoms with van der Waals surface area (Å²) in [4.78, 5) is 32.1. The van der Waals surface area contributed by atoms with E-state index in [2.05, 4.69) is 9.97 Å². The highest BCUT2D eigenvalue weighted by Gasteiger charge is 2.32. The number of hydrogen-bond acceptors (Lipinski definition) is 4. The normalized spacial score (nSPS) is 23.3. The first-order chi connectivity index (χ1) is 8.65. The van der Waals surface area contributed by atoms with E-state index in [0.29, 0.717) is 11.7 Å². The van der Waals surface area contributed by atoms with Gasteiger partial charge in [0.15, 0.2) is 0 Å². The SMILES string of the molecule is NC(=O)C1CCCN1c1cc(=O)[nH]c(C2CC2)n1. The van der Waals surface area contributed by atoms with Gasteiger partial charge in [0.2, 0.25) is 5.91 Å². The predicted molar refractivity (Wildman–Crippen MR) is 66.4 cm³/mol. The van der Waals surface area contributed by atoms with Crippen molar-refractivity contribution < 1.29 is 4.79 Å². The number of nitrogens with two attached hydrogens (primary N) is 1. The van der Waals surface area contributed by atoms with Crippen molar-refractivity contribution in [2.24, 2.45) is 5.73 Å². The van der Waals surface area contributed by atoms with Crippen LogP contribution in [0.15, 0.2) is 10.9 Å². The second-order valence-corrected chi connectivity index (χ2v) is 5.02. The molecule has 3 N–H and O–H groups in total. The number of H-pyrrole nitrogens is 1. The maximum atomic E-state index is 11.6. The highest BCUT2D eigenvalue weighted by Crippen LogP contribution is 2.38. The van der Waals surface area contributed by atoms with Crippen LogP contribution in [-0.2, 0) is 4.79 Å². The molecule has 96 valence electrons. The molecule has 1 atom stereocenters. The Morgan fingerprint density at radius 3 is 2.89 bits per heavy atom. The van der Waals surface area contributed by atoms with Crippen LogP contribution in [0.3, 0.4) is 0 Å². The van der Waals surface area contributed by atoms with Crippen LogP contribution in [0.2, 0.25) is 0 Å². The van der Waals surface area contributed by atoms with E-state index in [1.54, 1.807) is 0 Å². The van der Waals surface area contributed by atoms with Crippen molar-refractivity contribution in [3.8, 4) is 0 Å². The molecule has 1 unspecified atom stereocenters. The maximum Gasteiger partial charge on any atom is 0.252 e. The molecule has 1 aliphatic heterocycles. The van der Waals surface area contributed by atoms with Gasteiger partial charge >= 0.3 is 0 Å². The molecule has 6 nitrogen and oxygen atoms in total. The minimum absolute atomic E-state index is 0.156. The standard InChI is InChI=1S/C12H16N4O2/c13-11(18)8-2-1-5-16(8)9-6-10(17)15-12(14-9)7-3-4-7/h6-8H,1-5H2,(H2,13,18)(H,14,15,17). The quantitative estimate of drug-likeness (QED) is 0.793. The average molecular weight is 248 g/mol. The van der Waals surface area contributed by atoms with Crippen LogP contribution in [0.5, 0.6) is 0 Å². The highest BCUT2D eigenvalue weighted by molar-refractivity contribution is 5.83. The van der Waals surface area contributed by atoms with Gasteiger partial charge in [-0.25, -0.2) is 4.98 Å². The van der Waals surface area contributed by atoms with Gasteiger partial charge in [-0.3, -0.25) is 9.59 Å². The van der Waals surface area contributed by atoms with Crippen LogP contribution >= 0.6 is 0 Å². The molecule has 1 aromatic heterocycles. The number of carbonyl (C=O) groups is 1. The summed E-state index contributed by atoms with van der Waals surface area (Å²) in [6, 6.07) is 1.12. The first kappa shape index (κ1) is 11.3. The molecular weight excluding hydrogens is 232 g/mol. The number of aromatic nitrogens is 2. The van der Waals surface area contributed by atoms with Gasteiger partial charge in [0.05, 0.1) is 0 Å². The van der Waals surface area contributed by atoms with Crippen molar-refractivity contribution in [2.45, 2.75) is 37.6 Å². The van der Waals surface area contributed by atoms with Crippen molar-refractivity contribution >= 4 is 11.7 Å². The molecular formula is C12H16N4O2. The van der Waals surface area contributed by atoms with Gasteiger partial charge in [-0.1, -0.05) is 0 Å². The molecule has 18 heavy (non-hydrogen) atoms. The molecule has 0 aromatic carbocycles. The minimum atomic E-state index is -0.345. The fraction of sp³-hybridized carbons (Fsp3) is 0.583. The van der Waals surface area contributed by atoms with Crippen molar-refractivity contribution in [3.05, 3.63) is 22.2 Å². The van der Waals surface area contributed by atoms with Gasteiger partial charge in [0.1, 0.15) is 17.7 Å². The van der Waals surface area contributed by atoms with Crippen LogP contribution in [-0.4, -0.2) is 28.5 Å². The van der Waals surface area contributed by atoms with Crippen LogP contribution in [0.25, 0.3) is 0 Å². The van der Waals surface area contributed by atoms with Crippen LogP contribution in [0.4, 0.5) is 5.82 Å². The number of aromatic amines is 1. The molecule has 1 saturated heterocycles. The van der Waals surface area contributed by atoms with E-state index in [4.69, 9.17) is 5.73 Å². The lowest BCUT2D eigenvalue weighted by Crippen LogP contribution is -2.41. The number of anilines is 1. The maximum absolute atomic E-state index is 11.6. The topological polar surface area (TPSA) is 92.1 Å². The third-order valence-corrected chi connectivity index (χ3v) is 3.59. The fourth-order valence-corrected chi connectivity index (χ4v) is 2.50. The van der Waals surface area contributed by atoms with Gasteiger partial charge in [-0.15, -0.1) is 0 Å². The Hall–Kier alpha value is -1.85. The summed E-state index contributed by atoms with van der Waals surface area (Å²) in [6.07, 6.45) is 3.79. The lowest BCUT2D eigenvalue weighted by atomic mass is 10.2. The van der Waals surface area contributed by atoms with E-state index >= 15 is 0 Å². The smallest absolute Gasteiger partial charge is 0.252 e. The molecule has 2 aliphatic rings. The number of carbonyl (C=O) groups excluding carboxylic acids is 1. The summed E-state index contributed by atoms with van der Waals surface area (Å²) in [7, 11) is 0. The Bertz CT molecular complexity index is 535. The largest absolute Gasteiger partial charge is 0.368 e. The molecule has 0 bridgehead atoms. The highest BCUT2D eigenvalue weighted by atomic mass is 16.1. The number of nitrogens with zero attached hydrogens (tertiary/aromatic N) is 2. The monoisotopic (exact) mass is 248 g/mol. The zero-order valence-corrected chi connectivity index (χ0v) is 10.1. The van der Waals surface area contributed by atoms with Crippen molar-refractivity contribution in [1.29, 1.82) is 0 Å². The number of primary amides is 1. The van der Waals surface area contributed by atoms with Gasteiger partial charge in [0.25, 0.3) is 5.56 Å². The van der Waals surface area contributed by atoms with E-state index in [1.165, 1.54) is 6.07 Å². The second-order valence-electron chi connectivity index (χ2n) is 5.02. The van der Waals surface area contributed by atoms with E-state index in [-0.39, 0.29) is 17.5 Å². The van der Waals surface area contributed by atoms with E-state index in [9.17, 15) is 9.59 Å². The Balaban J connectivity index is 1.95. The zero-order valence-electron chi connectivity index (χ0n) is 10.1. The van der Waals surface area contributed by atoms with E-state index < -0.39 is 0 Å². The first-order valence-electron chi connectivity index (χ1n) is 6.32. The number of rotatable bonds is 3. The zero-order chi connectivity index (χ0) is 12.7. The summed E-state index contributed by atoms with van der Waals surface area (Å²) in [5.74, 6) is 1.37. The second kappa shape index (κ2) is 4.12. The third kappa shape index (κ3) is 1.98. The molecule has 0 spiro atoms. The van der Waals surface area contributed by atoms with Crippen molar-refractivity contribution in [2.75, 3.05) is 11.4 Å². The first-order valence-corrected chi connectivity index (χ1v) is 6.32. The molecule has 2 heterocycles. The van der Waals surface area contributed by atoms with Gasteiger partial charge in [-0.2, -0.15) is 0 Å². The molecule has 2 fully saturated rings. The van der Waals surface area contributed by atoms with E-state index in [0.717, 1.165) is 38.1 Å². The fourth-order valence-electron chi connectivity index (χ4n) is 2.50. The molecule has 1 aromatic rings. The van der Waals surface area contributed by atoms with Gasteiger partial charge in [0, 0.05) is 18.5 Å². The number of amides is 1. The van der Waals surface area contributed by atoms with Crippen LogP contribution in [0, 0.1) is 0 Å². The Kier molecular flexibility index (Phi) is 2.57. The Morgan fingerprint density at radius 1 is 1.44 bits per heavy atom. The van der Waals surface area contributed by atoms with Crippen LogP contribution < -0.4 is 16.2 Å². The van der Waals surface area contributed by atoms with Crippen molar-refractivity contribution in [1.82, 2.24) is 9.97 Å². The lowest BCUT2D eigenvalue weighted by Gasteiger charge is -2.23. The summed E-state index contributed by atoms with van der Waals surface area (Å²) in [5.41, 5.74) is 5.22. The lowest BCUT2D eigenvalue weighted by molar-refractivity contribution is -0.119. The number of nitrogens with one attached hydrogen (secondary N) is 1. The Morgan fingerprint density at radius 2 is 2.22 bits per heavy atom. The molecule has 0 radical (unpaired) electrons. The van der Waals surface area contributed by atoms with E-state index in [1.807, 2.05) is 4.90 Å². The average Bonchev–Trinajstić information content (AvgIpc) is 3.05. The molecule has 1 aliphatic carbocycles. The summed E-state index contributed by atoms with van der Waals surface area (Å²) < 4.78 is 0. The summed E-state index contributed by atoms with van der Waals surface area (Å²) in [6.45, 7) is 0.730. The molecule has 1 saturated carbocycles. The van der Waals surface area contributed by atoms with Gasteiger partial charge < -0.3 is 15.6 Å². The van der Waals surface area contributed by atoms with Crippen molar-refractivity contribution in [3.63, 3.8) is 0 Å². The number of hydrogen-bond donors (Lipinski definition) is 2. The minimum Gasteiger partial charge on any atom is -0.368 e. The third-order valence-electron chi connectivity index (χ3n) is 3.59. The Labute approximate surface area is 104 Å². The molecule has 3 rings (SSSR count). The molecule has 6 heteroatoms. The summed E-state index contributed by atoms with van der Waals surface area (Å²) in [5, 5.41) is 0.